The first-order valence-electron chi connectivity index (χ1n) is 5.91. The third kappa shape index (κ3) is 2.29. The van der Waals surface area contributed by atoms with Gasteiger partial charge in [0, 0.05) is 6.07 Å². The van der Waals surface area contributed by atoms with E-state index >= 15 is 0 Å². The summed E-state index contributed by atoms with van der Waals surface area (Å²) in [6.45, 7) is 0. The molecule has 0 aliphatic heterocycles. The lowest BCUT2D eigenvalue weighted by Crippen LogP contribution is -1.92. The number of halogens is 1. The van der Waals surface area contributed by atoms with Gasteiger partial charge in [0.2, 0.25) is 5.89 Å². The highest BCUT2D eigenvalue weighted by Gasteiger charge is 2.17. The maximum atomic E-state index is 6.39. The molecule has 0 bridgehead atoms. The van der Waals surface area contributed by atoms with E-state index in [1.54, 1.807) is 13.2 Å². The van der Waals surface area contributed by atoms with Crippen LogP contribution >= 0.6 is 11.6 Å². The van der Waals surface area contributed by atoms with E-state index in [9.17, 15) is 0 Å². The van der Waals surface area contributed by atoms with Gasteiger partial charge >= 0.3 is 0 Å². The first-order chi connectivity index (χ1) is 9.28. The summed E-state index contributed by atoms with van der Waals surface area (Å²) in [6, 6.07) is 15.2. The highest BCUT2D eigenvalue weighted by atomic mass is 35.5. The van der Waals surface area contributed by atoms with Crippen LogP contribution in [0, 0.1) is 0 Å². The first kappa shape index (κ1) is 12.1. The fourth-order valence-electron chi connectivity index (χ4n) is 1.92. The summed E-state index contributed by atoms with van der Waals surface area (Å²) in [6.07, 6.45) is 0. The smallest absolute Gasteiger partial charge is 0.218 e. The molecular weight excluding hydrogens is 262 g/mol. The number of aromatic nitrogens is 1. The zero-order valence-corrected chi connectivity index (χ0v) is 11.1. The number of alkyl halides is 1. The first-order valence-corrected chi connectivity index (χ1v) is 6.35. The number of benzene rings is 2. The lowest BCUT2D eigenvalue weighted by molar-refractivity contribution is 0.414. The third-order valence-corrected chi connectivity index (χ3v) is 3.36. The molecule has 1 atom stereocenters. The molecule has 96 valence electrons. The Morgan fingerprint density at radius 1 is 1.16 bits per heavy atom. The van der Waals surface area contributed by atoms with E-state index in [1.807, 2.05) is 42.5 Å². The second kappa shape index (κ2) is 4.94. The number of rotatable bonds is 3. The Kier molecular flexibility index (Phi) is 3.13. The van der Waals surface area contributed by atoms with Gasteiger partial charge in [-0.2, -0.15) is 0 Å². The summed E-state index contributed by atoms with van der Waals surface area (Å²) in [4.78, 5) is 4.41. The fourth-order valence-corrected chi connectivity index (χ4v) is 2.16. The molecule has 0 saturated carbocycles. The zero-order chi connectivity index (χ0) is 13.2. The molecule has 0 saturated heterocycles. The molecule has 3 rings (SSSR count). The Hall–Kier alpha value is -2.00. The Balaban J connectivity index is 2.01. The van der Waals surface area contributed by atoms with Gasteiger partial charge in [-0.15, -0.1) is 11.6 Å². The molecule has 19 heavy (non-hydrogen) atoms. The predicted octanol–water partition coefficient (Wildman–Crippen LogP) is 4.16. The van der Waals surface area contributed by atoms with Crippen LogP contribution in [0.3, 0.4) is 0 Å². The van der Waals surface area contributed by atoms with Crippen LogP contribution in [0.25, 0.3) is 11.1 Å². The summed E-state index contributed by atoms with van der Waals surface area (Å²) >= 11 is 6.39. The van der Waals surface area contributed by atoms with E-state index < -0.39 is 0 Å². The van der Waals surface area contributed by atoms with Crippen LogP contribution in [0.4, 0.5) is 0 Å². The van der Waals surface area contributed by atoms with E-state index in [2.05, 4.69) is 4.98 Å². The molecule has 0 amide bonds. The second-order valence-corrected chi connectivity index (χ2v) is 4.60. The van der Waals surface area contributed by atoms with Gasteiger partial charge in [0.05, 0.1) is 7.11 Å². The number of hydrogen-bond donors (Lipinski definition) is 0. The molecular formula is C15H12ClNO2. The Labute approximate surface area is 115 Å². The molecule has 0 aliphatic carbocycles. The van der Waals surface area contributed by atoms with Crippen molar-refractivity contribution in [3.63, 3.8) is 0 Å². The number of ether oxygens (including phenoxy) is 1. The molecule has 1 aromatic heterocycles. The van der Waals surface area contributed by atoms with Crippen molar-refractivity contribution in [1.82, 2.24) is 4.98 Å². The maximum absolute atomic E-state index is 6.39. The summed E-state index contributed by atoms with van der Waals surface area (Å²) in [7, 11) is 1.62. The van der Waals surface area contributed by atoms with E-state index in [-0.39, 0.29) is 5.38 Å². The van der Waals surface area contributed by atoms with Crippen LogP contribution in [-0.4, -0.2) is 12.1 Å². The largest absolute Gasteiger partial charge is 0.497 e. The molecule has 0 spiro atoms. The second-order valence-electron chi connectivity index (χ2n) is 4.16. The molecule has 1 unspecified atom stereocenters. The van der Waals surface area contributed by atoms with E-state index in [1.165, 1.54) is 0 Å². The van der Waals surface area contributed by atoms with Gasteiger partial charge in [-0.1, -0.05) is 30.3 Å². The SMILES string of the molecule is COc1ccc2nc(C(Cl)c3ccccc3)oc2c1. The Morgan fingerprint density at radius 2 is 1.95 bits per heavy atom. The van der Waals surface area contributed by atoms with Crippen LogP contribution in [0.15, 0.2) is 52.9 Å². The quantitative estimate of drug-likeness (QED) is 0.672. The lowest BCUT2D eigenvalue weighted by atomic mass is 10.1. The average molecular weight is 274 g/mol. The van der Waals surface area contributed by atoms with E-state index in [4.69, 9.17) is 20.8 Å². The summed E-state index contributed by atoms with van der Waals surface area (Å²) in [5.41, 5.74) is 2.41. The molecule has 3 aromatic rings. The van der Waals surface area contributed by atoms with Gasteiger partial charge in [0.15, 0.2) is 5.58 Å². The zero-order valence-electron chi connectivity index (χ0n) is 10.3. The van der Waals surface area contributed by atoms with Crippen LogP contribution in [0.1, 0.15) is 16.8 Å². The molecule has 0 radical (unpaired) electrons. The van der Waals surface area contributed by atoms with Crippen LogP contribution in [0.5, 0.6) is 5.75 Å². The molecule has 0 N–H and O–H groups in total. The normalized spacial score (nSPS) is 12.5. The van der Waals surface area contributed by atoms with Gasteiger partial charge < -0.3 is 9.15 Å². The molecule has 2 aromatic carbocycles. The van der Waals surface area contributed by atoms with Crippen molar-refractivity contribution in [3.05, 3.63) is 60.0 Å². The van der Waals surface area contributed by atoms with Crippen molar-refractivity contribution in [1.29, 1.82) is 0 Å². The lowest BCUT2D eigenvalue weighted by Gasteiger charge is -2.04. The van der Waals surface area contributed by atoms with Crippen molar-refractivity contribution in [2.24, 2.45) is 0 Å². The molecule has 3 nitrogen and oxygen atoms in total. The number of methoxy groups -OCH3 is 1. The van der Waals surface area contributed by atoms with Gasteiger partial charge in [0.25, 0.3) is 0 Å². The van der Waals surface area contributed by atoms with Crippen molar-refractivity contribution in [3.8, 4) is 5.75 Å². The molecule has 4 heteroatoms. The van der Waals surface area contributed by atoms with Crippen molar-refractivity contribution in [2.45, 2.75) is 5.38 Å². The van der Waals surface area contributed by atoms with Gasteiger partial charge in [-0.25, -0.2) is 4.98 Å². The van der Waals surface area contributed by atoms with Crippen LogP contribution < -0.4 is 4.74 Å². The topological polar surface area (TPSA) is 35.3 Å². The number of nitrogens with zero attached hydrogens (tertiary/aromatic N) is 1. The molecule has 1 heterocycles. The summed E-state index contributed by atoms with van der Waals surface area (Å²) in [5, 5.41) is -0.389. The number of hydrogen-bond acceptors (Lipinski definition) is 3. The summed E-state index contributed by atoms with van der Waals surface area (Å²) < 4.78 is 10.9. The highest BCUT2D eigenvalue weighted by Crippen LogP contribution is 2.31. The Bertz CT molecular complexity index is 694. The predicted molar refractivity (Wildman–Crippen MR) is 74.7 cm³/mol. The standard InChI is InChI=1S/C15H12ClNO2/c1-18-11-7-8-12-13(9-11)19-15(17-12)14(16)10-5-3-2-4-6-10/h2-9,14H,1H3. The van der Waals surface area contributed by atoms with Crippen LogP contribution in [-0.2, 0) is 0 Å². The summed E-state index contributed by atoms with van der Waals surface area (Å²) in [5.74, 6) is 1.23. The number of fused-ring (bicyclic) bond motifs is 1. The Morgan fingerprint density at radius 3 is 2.68 bits per heavy atom. The maximum Gasteiger partial charge on any atom is 0.218 e. The third-order valence-electron chi connectivity index (χ3n) is 2.92. The fraction of sp³-hybridized carbons (Fsp3) is 0.133. The number of oxazole rings is 1. The highest BCUT2D eigenvalue weighted by molar-refractivity contribution is 6.22. The van der Waals surface area contributed by atoms with E-state index in [0.29, 0.717) is 11.5 Å². The average Bonchev–Trinajstić information content (AvgIpc) is 2.90. The van der Waals surface area contributed by atoms with Gasteiger partial charge in [0.1, 0.15) is 16.6 Å². The minimum absolute atomic E-state index is 0.389. The van der Waals surface area contributed by atoms with Crippen molar-refractivity contribution in [2.75, 3.05) is 7.11 Å². The van der Waals surface area contributed by atoms with Crippen molar-refractivity contribution >= 4 is 22.7 Å². The van der Waals surface area contributed by atoms with Crippen molar-refractivity contribution < 1.29 is 9.15 Å². The van der Waals surface area contributed by atoms with Gasteiger partial charge in [-0.05, 0) is 17.7 Å². The van der Waals surface area contributed by atoms with Crippen LogP contribution in [0.2, 0.25) is 0 Å². The van der Waals surface area contributed by atoms with Gasteiger partial charge in [-0.3, -0.25) is 0 Å². The minimum atomic E-state index is -0.389. The molecule has 0 fully saturated rings. The monoisotopic (exact) mass is 273 g/mol. The molecule has 0 aliphatic rings. The minimum Gasteiger partial charge on any atom is -0.497 e. The van der Waals surface area contributed by atoms with E-state index in [0.717, 1.165) is 16.8 Å².